The maximum absolute atomic E-state index is 14.3. The van der Waals surface area contributed by atoms with Crippen LogP contribution in [-0.4, -0.2) is 69.4 Å². The normalized spacial score (nSPS) is 23.0. The quantitative estimate of drug-likeness (QED) is 0.211. The number of fused-ring (bicyclic) bond motifs is 3. The highest BCUT2D eigenvalue weighted by atomic mass is 35.5. The molecule has 286 valence electrons. The lowest BCUT2D eigenvalue weighted by atomic mass is 9.89. The van der Waals surface area contributed by atoms with Crippen molar-refractivity contribution in [3.05, 3.63) is 69.2 Å². The van der Waals surface area contributed by atoms with E-state index in [0.717, 1.165) is 56.1 Å². The SMILES string of the molecule is C=C(F)F.CNC(=O)c1nn2c(c1C)CN(c1nc(OCC34CCCN3CC3(CC3)C4)nc3c1COC(c1cc(N)cc(Cl)c1C(F)(F)F)C3)CCC2. The number of hydrogen-bond acceptors (Lipinski definition) is 9. The fraction of sp³-hybridized carbons (Fsp3) is 0.556. The molecule has 8 rings (SSSR count). The molecule has 17 heteroatoms. The Morgan fingerprint density at radius 1 is 1.17 bits per heavy atom. The molecular formula is C36H42ClF5N8O3. The molecule has 0 bridgehead atoms. The number of rotatable bonds is 6. The zero-order chi connectivity index (χ0) is 37.9. The Bertz CT molecular complexity index is 1930. The number of nitrogens with one attached hydrogen (secondary N) is 1. The van der Waals surface area contributed by atoms with Gasteiger partial charge in [-0.2, -0.15) is 37.0 Å². The average Bonchev–Trinajstić information content (AvgIpc) is 3.58. The minimum Gasteiger partial charge on any atom is -0.461 e. The number of nitrogen functional groups attached to an aromatic ring is 1. The number of anilines is 2. The molecule has 3 N–H and O–H groups in total. The predicted octanol–water partition coefficient (Wildman–Crippen LogP) is 6.61. The van der Waals surface area contributed by atoms with Gasteiger partial charge in [0.2, 0.25) is 0 Å². The van der Waals surface area contributed by atoms with Gasteiger partial charge in [0.05, 0.1) is 46.8 Å². The molecule has 5 aliphatic rings. The number of carbonyl (C=O) groups is 1. The summed E-state index contributed by atoms with van der Waals surface area (Å²) in [7, 11) is 1.58. The van der Waals surface area contributed by atoms with E-state index in [9.17, 15) is 26.7 Å². The average molecular weight is 765 g/mol. The molecule has 3 aromatic rings. The van der Waals surface area contributed by atoms with Gasteiger partial charge in [-0.3, -0.25) is 14.4 Å². The van der Waals surface area contributed by atoms with Gasteiger partial charge < -0.3 is 25.4 Å². The Balaban J connectivity index is 0.00000104. The number of nitrogens with two attached hydrogens (primary N) is 1. The second-order valence-electron chi connectivity index (χ2n) is 14.8. The van der Waals surface area contributed by atoms with Crippen molar-refractivity contribution in [2.45, 2.75) is 89.4 Å². The molecule has 1 saturated carbocycles. The number of nitrogens with zero attached hydrogens (tertiary/aromatic N) is 6. The Kier molecular flexibility index (Phi) is 9.85. The maximum Gasteiger partial charge on any atom is 0.418 e. The number of benzene rings is 1. The number of ether oxygens (including phenoxy) is 2. The van der Waals surface area contributed by atoms with E-state index in [2.05, 4.69) is 26.8 Å². The molecule has 3 fully saturated rings. The van der Waals surface area contributed by atoms with Crippen LogP contribution >= 0.6 is 11.6 Å². The number of amides is 1. The first-order valence-corrected chi connectivity index (χ1v) is 18.1. The van der Waals surface area contributed by atoms with Crippen molar-refractivity contribution >= 4 is 29.0 Å². The summed E-state index contributed by atoms with van der Waals surface area (Å²) in [6.07, 6.45) is -0.946. The largest absolute Gasteiger partial charge is 0.461 e. The molecule has 0 radical (unpaired) electrons. The molecule has 2 unspecified atom stereocenters. The fourth-order valence-electron chi connectivity index (χ4n) is 8.64. The Morgan fingerprint density at radius 2 is 1.92 bits per heavy atom. The molecule has 11 nitrogen and oxygen atoms in total. The van der Waals surface area contributed by atoms with Crippen LogP contribution in [0.2, 0.25) is 5.02 Å². The van der Waals surface area contributed by atoms with E-state index in [1.807, 2.05) is 11.6 Å². The van der Waals surface area contributed by atoms with Crippen molar-refractivity contribution in [2.75, 3.05) is 43.9 Å². The second kappa shape index (κ2) is 14.0. The van der Waals surface area contributed by atoms with Crippen molar-refractivity contribution in [1.29, 1.82) is 0 Å². The van der Waals surface area contributed by atoms with Crippen molar-refractivity contribution in [3.63, 3.8) is 0 Å². The van der Waals surface area contributed by atoms with Gasteiger partial charge in [0.1, 0.15) is 12.4 Å². The van der Waals surface area contributed by atoms with Crippen LogP contribution in [-0.2, 0) is 37.0 Å². The number of aromatic nitrogens is 4. The number of halogens is 6. The zero-order valence-corrected chi connectivity index (χ0v) is 30.3. The highest BCUT2D eigenvalue weighted by molar-refractivity contribution is 6.31. The molecule has 1 aliphatic carbocycles. The fourth-order valence-corrected chi connectivity index (χ4v) is 8.98. The standard InChI is InChI=1S/C34H40ClF3N8O3.C2H2F2/c1-19-25-14-44(8-4-10-46(25)43-28(19)30(47)40-2)29-22-15-48-26(21-11-20(39)12-23(35)27(21)34(36,37)38)13-24(22)41-31(42-29)49-18-33-5-3-9-45(33)17-32(16-33)6-7-32;1-2(3)4/h11-12,26H,3-10,13-18,39H2,1-2H3,(H,40,47);1H2. The van der Waals surface area contributed by atoms with Crippen LogP contribution in [0.5, 0.6) is 6.01 Å². The Labute approximate surface area is 308 Å². The third-order valence-electron chi connectivity index (χ3n) is 11.2. The summed E-state index contributed by atoms with van der Waals surface area (Å²) in [5.41, 5.74) is 8.70. The van der Waals surface area contributed by atoms with Gasteiger partial charge >= 0.3 is 12.2 Å². The Morgan fingerprint density at radius 3 is 2.62 bits per heavy atom. The number of hydrogen-bond donors (Lipinski definition) is 2. The van der Waals surface area contributed by atoms with Gasteiger partial charge in [0.25, 0.3) is 12.0 Å². The third-order valence-corrected chi connectivity index (χ3v) is 11.5. The van der Waals surface area contributed by atoms with E-state index < -0.39 is 28.9 Å². The first-order valence-electron chi connectivity index (χ1n) is 17.7. The van der Waals surface area contributed by atoms with Crippen LogP contribution in [0.1, 0.15) is 88.8 Å². The molecule has 2 saturated heterocycles. The summed E-state index contributed by atoms with van der Waals surface area (Å²) in [5.74, 6) is 0.362. The molecular weight excluding hydrogens is 723 g/mol. The van der Waals surface area contributed by atoms with E-state index in [-0.39, 0.29) is 41.7 Å². The minimum absolute atomic E-state index is 0.0161. The first-order chi connectivity index (χ1) is 25.1. The van der Waals surface area contributed by atoms with Gasteiger partial charge in [-0.25, -0.2) is 0 Å². The lowest BCUT2D eigenvalue weighted by Gasteiger charge is -2.33. The molecule has 2 aromatic heterocycles. The first kappa shape index (κ1) is 37.3. The summed E-state index contributed by atoms with van der Waals surface area (Å²) >= 11 is 6.12. The van der Waals surface area contributed by atoms with E-state index in [1.165, 1.54) is 18.9 Å². The van der Waals surface area contributed by atoms with Crippen molar-refractivity contribution in [3.8, 4) is 6.01 Å². The summed E-state index contributed by atoms with van der Waals surface area (Å²) in [6.45, 7) is 8.39. The molecule has 6 heterocycles. The summed E-state index contributed by atoms with van der Waals surface area (Å²) in [6, 6.07) is 2.60. The van der Waals surface area contributed by atoms with E-state index >= 15 is 0 Å². The molecule has 4 aliphatic heterocycles. The van der Waals surface area contributed by atoms with Crippen LogP contribution in [0.25, 0.3) is 0 Å². The highest BCUT2D eigenvalue weighted by Crippen LogP contribution is 2.60. The van der Waals surface area contributed by atoms with Crippen LogP contribution in [0.15, 0.2) is 24.8 Å². The maximum atomic E-state index is 14.3. The molecule has 53 heavy (non-hydrogen) atoms. The summed E-state index contributed by atoms with van der Waals surface area (Å²) in [5, 5.41) is 6.79. The lowest BCUT2D eigenvalue weighted by Crippen LogP contribution is -2.43. The second-order valence-corrected chi connectivity index (χ2v) is 15.2. The monoisotopic (exact) mass is 764 g/mol. The Hall–Kier alpha value is -4.02. The van der Waals surface area contributed by atoms with Gasteiger partial charge in [-0.05, 0) is 81.7 Å². The number of carbonyl (C=O) groups excluding carboxylic acids is 1. The van der Waals surface area contributed by atoms with E-state index in [1.54, 1.807) is 7.05 Å². The molecule has 2 atom stereocenters. The van der Waals surface area contributed by atoms with Crippen LogP contribution < -0.4 is 20.7 Å². The van der Waals surface area contributed by atoms with Gasteiger partial charge in [-0.15, -0.1) is 0 Å². The molecule has 1 spiro atoms. The highest BCUT2D eigenvalue weighted by Gasteiger charge is 2.60. The summed E-state index contributed by atoms with van der Waals surface area (Å²) < 4.78 is 77.7. The number of aryl methyl sites for hydroxylation is 1. The third kappa shape index (κ3) is 7.29. The minimum atomic E-state index is -4.71. The smallest absolute Gasteiger partial charge is 0.418 e. The lowest BCUT2D eigenvalue weighted by molar-refractivity contribution is -0.139. The van der Waals surface area contributed by atoms with Gasteiger partial charge in [0, 0.05) is 49.9 Å². The zero-order valence-electron chi connectivity index (χ0n) is 29.6. The number of alkyl halides is 3. The van der Waals surface area contributed by atoms with Crippen molar-refractivity contribution in [2.24, 2.45) is 5.41 Å². The van der Waals surface area contributed by atoms with Crippen LogP contribution in [0, 0.1) is 12.3 Å². The van der Waals surface area contributed by atoms with Crippen molar-refractivity contribution in [1.82, 2.24) is 30.0 Å². The molecule has 1 amide bonds. The van der Waals surface area contributed by atoms with Crippen LogP contribution in [0.4, 0.5) is 33.5 Å². The van der Waals surface area contributed by atoms with Gasteiger partial charge in [-0.1, -0.05) is 11.6 Å². The van der Waals surface area contributed by atoms with Gasteiger partial charge in [0.15, 0.2) is 5.69 Å². The molecule has 1 aromatic carbocycles. The topological polar surface area (TPSA) is 124 Å². The van der Waals surface area contributed by atoms with Crippen LogP contribution in [0.3, 0.4) is 0 Å². The predicted molar refractivity (Wildman–Crippen MR) is 187 cm³/mol. The van der Waals surface area contributed by atoms with E-state index in [4.69, 9.17) is 36.8 Å². The summed E-state index contributed by atoms with van der Waals surface area (Å²) in [4.78, 5) is 27.1. The van der Waals surface area contributed by atoms with E-state index in [0.29, 0.717) is 54.4 Å². The van der Waals surface area contributed by atoms with Crippen molar-refractivity contribution < 1.29 is 36.2 Å².